The molecule has 0 aliphatic carbocycles. The van der Waals surface area contributed by atoms with Gasteiger partial charge in [-0.15, -0.1) is 0 Å². The molecule has 0 bridgehead atoms. The van der Waals surface area contributed by atoms with Crippen LogP contribution in [0.4, 0.5) is 18.0 Å². The number of amides is 3. The number of halogens is 3. The van der Waals surface area contributed by atoms with Gasteiger partial charge in [-0.2, -0.15) is 13.2 Å². The van der Waals surface area contributed by atoms with Gasteiger partial charge in [0, 0.05) is 5.39 Å². The van der Waals surface area contributed by atoms with Gasteiger partial charge in [0.05, 0.1) is 5.75 Å². The molecular formula is C15H11F3N4O3S. The number of thioether (sulfide) groups is 1. The lowest BCUT2D eigenvalue weighted by Crippen LogP contribution is -2.43. The largest absolute Gasteiger partial charge is 0.451 e. The number of nitrogens with one attached hydrogen (secondary N) is 2. The summed E-state index contributed by atoms with van der Waals surface area (Å²) in [6, 6.07) is 6.02. The Bertz CT molecular complexity index is 974. The van der Waals surface area contributed by atoms with Crippen molar-refractivity contribution in [3.63, 3.8) is 0 Å². The first-order valence-electron chi connectivity index (χ1n) is 7.23. The summed E-state index contributed by atoms with van der Waals surface area (Å²) >= 11 is 0.980. The van der Waals surface area contributed by atoms with Gasteiger partial charge < -0.3 is 9.73 Å². The van der Waals surface area contributed by atoms with Crippen molar-refractivity contribution in [2.24, 2.45) is 0 Å². The summed E-state index contributed by atoms with van der Waals surface area (Å²) in [4.78, 5) is 31.2. The van der Waals surface area contributed by atoms with Crippen molar-refractivity contribution in [1.29, 1.82) is 0 Å². The molecule has 3 rings (SSSR count). The Balaban J connectivity index is 1.64. The van der Waals surface area contributed by atoms with Crippen LogP contribution in [0.1, 0.15) is 0 Å². The molecule has 2 heterocycles. The lowest BCUT2D eigenvalue weighted by molar-refractivity contribution is -0.124. The zero-order valence-corrected chi connectivity index (χ0v) is 13.8. The van der Waals surface area contributed by atoms with Crippen LogP contribution < -0.4 is 10.6 Å². The topological polar surface area (TPSA) is 97.1 Å². The number of rotatable bonds is 4. The van der Waals surface area contributed by atoms with Gasteiger partial charge in [0.15, 0.2) is 5.58 Å². The number of fused-ring (bicyclic) bond motifs is 3. The second-order valence-electron chi connectivity index (χ2n) is 5.09. The maximum absolute atomic E-state index is 12.0. The van der Waals surface area contributed by atoms with Crippen molar-refractivity contribution in [1.82, 2.24) is 20.6 Å². The van der Waals surface area contributed by atoms with Crippen LogP contribution in [-0.4, -0.2) is 40.4 Å². The molecule has 0 atom stereocenters. The van der Waals surface area contributed by atoms with Crippen LogP contribution >= 0.6 is 11.8 Å². The number of alkyl halides is 3. The lowest BCUT2D eigenvalue weighted by atomic mass is 10.2. The molecule has 136 valence electrons. The Labute approximate surface area is 148 Å². The van der Waals surface area contributed by atoms with Gasteiger partial charge in [-0.25, -0.2) is 14.8 Å². The molecule has 0 fully saturated rings. The molecule has 0 unspecified atom stereocenters. The number of benzene rings is 1. The van der Waals surface area contributed by atoms with Crippen LogP contribution in [0.25, 0.3) is 22.1 Å². The van der Waals surface area contributed by atoms with Gasteiger partial charge in [0.1, 0.15) is 29.0 Å². The van der Waals surface area contributed by atoms with E-state index in [9.17, 15) is 22.8 Å². The fraction of sp³-hybridized carbons (Fsp3) is 0.200. The summed E-state index contributed by atoms with van der Waals surface area (Å²) in [6.45, 7) is -1.52. The highest BCUT2D eigenvalue weighted by molar-refractivity contribution is 8.00. The smallest absolute Gasteiger partial charge is 0.405 e. The Hall–Kier alpha value is -2.82. The highest BCUT2D eigenvalue weighted by Crippen LogP contribution is 2.32. The number of carbonyl (C=O) groups is 2. The summed E-state index contributed by atoms with van der Waals surface area (Å²) in [7, 11) is 0. The molecule has 11 heteroatoms. The van der Waals surface area contributed by atoms with Crippen LogP contribution in [0.15, 0.2) is 40.0 Å². The van der Waals surface area contributed by atoms with Crippen molar-refractivity contribution < 1.29 is 27.2 Å². The Morgan fingerprint density at radius 1 is 1.19 bits per heavy atom. The fourth-order valence-corrected chi connectivity index (χ4v) is 2.86. The van der Waals surface area contributed by atoms with E-state index in [0.29, 0.717) is 21.7 Å². The summed E-state index contributed by atoms with van der Waals surface area (Å²) in [5.74, 6) is -1.000. The fourth-order valence-electron chi connectivity index (χ4n) is 2.13. The Kier molecular flexibility index (Phi) is 4.98. The molecule has 26 heavy (non-hydrogen) atoms. The number of furan rings is 1. The molecular weight excluding hydrogens is 373 g/mol. The van der Waals surface area contributed by atoms with Crippen molar-refractivity contribution >= 4 is 45.8 Å². The number of imide groups is 1. The highest BCUT2D eigenvalue weighted by atomic mass is 32.2. The quantitative estimate of drug-likeness (QED) is 0.530. The third-order valence-corrected chi connectivity index (χ3v) is 4.14. The summed E-state index contributed by atoms with van der Waals surface area (Å²) < 4.78 is 41.7. The van der Waals surface area contributed by atoms with Gasteiger partial charge in [0.2, 0.25) is 5.91 Å². The van der Waals surface area contributed by atoms with Gasteiger partial charge in [-0.05, 0) is 12.1 Å². The van der Waals surface area contributed by atoms with Crippen LogP contribution in [0.2, 0.25) is 0 Å². The lowest BCUT2D eigenvalue weighted by Gasteiger charge is -2.08. The SMILES string of the molecule is O=C(CSc1ncnc2c1oc1ccccc12)NC(=O)NCC(F)(F)F. The molecule has 7 nitrogen and oxygen atoms in total. The predicted octanol–water partition coefficient (Wildman–Crippen LogP) is 2.86. The molecule has 1 aromatic carbocycles. The zero-order valence-electron chi connectivity index (χ0n) is 13.0. The van der Waals surface area contributed by atoms with E-state index in [2.05, 4.69) is 9.97 Å². The van der Waals surface area contributed by atoms with Crippen LogP contribution in [0, 0.1) is 0 Å². The first-order chi connectivity index (χ1) is 12.3. The number of hydrogen-bond donors (Lipinski definition) is 2. The van der Waals surface area contributed by atoms with E-state index in [1.807, 2.05) is 17.4 Å². The van der Waals surface area contributed by atoms with Crippen LogP contribution in [-0.2, 0) is 4.79 Å². The van der Waals surface area contributed by atoms with Gasteiger partial charge in [-0.1, -0.05) is 23.9 Å². The van der Waals surface area contributed by atoms with E-state index >= 15 is 0 Å². The summed E-state index contributed by atoms with van der Waals surface area (Å²) in [6.07, 6.45) is -3.23. The predicted molar refractivity (Wildman–Crippen MR) is 87.6 cm³/mol. The van der Waals surface area contributed by atoms with E-state index in [0.717, 1.165) is 17.1 Å². The molecule has 2 N–H and O–H groups in total. The molecule has 0 saturated heterocycles. The standard InChI is InChI=1S/C15H11F3N4O3S/c16-15(17,18)6-19-14(24)22-10(23)5-26-13-12-11(20-7-21-13)8-3-1-2-4-9(8)25-12/h1-4,7H,5-6H2,(H2,19,22,23,24). The number of aromatic nitrogens is 2. The van der Waals surface area contributed by atoms with Gasteiger partial charge >= 0.3 is 12.2 Å². The number of carbonyl (C=O) groups excluding carboxylic acids is 2. The highest BCUT2D eigenvalue weighted by Gasteiger charge is 2.28. The monoisotopic (exact) mass is 384 g/mol. The first-order valence-corrected chi connectivity index (χ1v) is 8.21. The number of urea groups is 1. The minimum Gasteiger partial charge on any atom is -0.451 e. The van der Waals surface area contributed by atoms with E-state index in [-0.39, 0.29) is 5.75 Å². The molecule has 0 radical (unpaired) electrons. The van der Waals surface area contributed by atoms with Crippen molar-refractivity contribution in [2.45, 2.75) is 11.2 Å². The van der Waals surface area contributed by atoms with E-state index < -0.39 is 24.7 Å². The van der Waals surface area contributed by atoms with Gasteiger partial charge in [0.25, 0.3) is 0 Å². The molecule has 0 spiro atoms. The molecule has 0 saturated carbocycles. The van der Waals surface area contributed by atoms with Crippen molar-refractivity contribution in [2.75, 3.05) is 12.3 Å². The Morgan fingerprint density at radius 3 is 2.73 bits per heavy atom. The third-order valence-electron chi connectivity index (χ3n) is 3.17. The van der Waals surface area contributed by atoms with Gasteiger partial charge in [-0.3, -0.25) is 10.1 Å². The maximum atomic E-state index is 12.0. The molecule has 0 aliphatic heterocycles. The maximum Gasteiger partial charge on any atom is 0.405 e. The van der Waals surface area contributed by atoms with Crippen LogP contribution in [0.5, 0.6) is 0 Å². The first kappa shape index (κ1) is 18.0. The second kappa shape index (κ2) is 7.20. The minimum absolute atomic E-state index is 0.234. The van der Waals surface area contributed by atoms with E-state index in [4.69, 9.17) is 4.42 Å². The zero-order chi connectivity index (χ0) is 18.7. The molecule has 3 aromatic rings. The molecule has 3 amide bonds. The average molecular weight is 384 g/mol. The molecule has 0 aliphatic rings. The third kappa shape index (κ3) is 4.23. The number of hydrogen-bond acceptors (Lipinski definition) is 6. The van der Waals surface area contributed by atoms with Crippen LogP contribution in [0.3, 0.4) is 0 Å². The number of para-hydroxylation sites is 1. The number of nitrogens with zero attached hydrogens (tertiary/aromatic N) is 2. The van der Waals surface area contributed by atoms with E-state index in [1.54, 1.807) is 17.4 Å². The summed E-state index contributed by atoms with van der Waals surface area (Å²) in [5.41, 5.74) is 1.59. The average Bonchev–Trinajstić information content (AvgIpc) is 2.97. The molecule has 2 aromatic heterocycles. The second-order valence-corrected chi connectivity index (χ2v) is 6.05. The Morgan fingerprint density at radius 2 is 1.96 bits per heavy atom. The van der Waals surface area contributed by atoms with Crippen molar-refractivity contribution in [3.05, 3.63) is 30.6 Å². The minimum atomic E-state index is -4.55. The van der Waals surface area contributed by atoms with E-state index in [1.165, 1.54) is 6.33 Å². The normalized spacial score (nSPS) is 11.7. The summed E-state index contributed by atoms with van der Waals surface area (Å²) in [5, 5.41) is 4.54. The van der Waals surface area contributed by atoms with Crippen molar-refractivity contribution in [3.8, 4) is 0 Å².